The molecule has 1 amide bonds. The van der Waals surface area contributed by atoms with Crippen LogP contribution >= 0.6 is 0 Å². The second-order valence-corrected chi connectivity index (χ2v) is 7.41. The van der Waals surface area contributed by atoms with E-state index >= 15 is 0 Å². The molecule has 0 heterocycles. The van der Waals surface area contributed by atoms with Gasteiger partial charge < -0.3 is 10.6 Å². The average molecular weight is 346 g/mol. The van der Waals surface area contributed by atoms with Crippen LogP contribution in [0.2, 0.25) is 0 Å². The number of hydrogen-bond acceptors (Lipinski definition) is 5. The van der Waals surface area contributed by atoms with E-state index in [1.165, 1.54) is 17.9 Å². The van der Waals surface area contributed by atoms with Crippen molar-refractivity contribution < 1.29 is 18.0 Å². The molecule has 0 aliphatic heterocycles. The fraction of sp³-hybridized carbons (Fsp3) is 0.176. The van der Waals surface area contributed by atoms with Crippen molar-refractivity contribution in [2.45, 2.75) is 18.4 Å². The van der Waals surface area contributed by atoms with Gasteiger partial charge in [0.2, 0.25) is 5.91 Å². The van der Waals surface area contributed by atoms with Gasteiger partial charge in [0.1, 0.15) is 0 Å². The molecule has 2 aromatic carbocycles. The number of hydrogen-bond donors (Lipinski definition) is 1. The van der Waals surface area contributed by atoms with E-state index < -0.39 is 9.84 Å². The lowest BCUT2D eigenvalue weighted by atomic mass is 10.1. The largest absolute Gasteiger partial charge is 0.398 e. The highest BCUT2D eigenvalue weighted by Gasteiger charge is 2.21. The molecular weight excluding hydrogens is 328 g/mol. The maximum Gasteiger partial charge on any atom is 0.224 e. The van der Waals surface area contributed by atoms with Gasteiger partial charge in [-0.05, 0) is 29.8 Å². The Labute approximate surface area is 140 Å². The molecule has 0 aliphatic carbocycles. The number of aldehydes is 1. The molecule has 24 heavy (non-hydrogen) atoms. The highest BCUT2D eigenvalue weighted by molar-refractivity contribution is 7.90. The van der Waals surface area contributed by atoms with E-state index in [0.717, 1.165) is 6.26 Å². The lowest BCUT2D eigenvalue weighted by Gasteiger charge is -2.23. The van der Waals surface area contributed by atoms with Crippen molar-refractivity contribution in [2.24, 2.45) is 0 Å². The summed E-state index contributed by atoms with van der Waals surface area (Å²) in [4.78, 5) is 24.4. The zero-order valence-corrected chi connectivity index (χ0v) is 14.2. The van der Waals surface area contributed by atoms with E-state index in [1.807, 2.05) is 0 Å². The lowest BCUT2D eigenvalue weighted by molar-refractivity contribution is -0.116. The van der Waals surface area contributed by atoms with Gasteiger partial charge in [0.05, 0.1) is 17.1 Å². The number of rotatable bonds is 5. The quantitative estimate of drug-likeness (QED) is 0.660. The average Bonchev–Trinajstić information content (AvgIpc) is 2.51. The smallest absolute Gasteiger partial charge is 0.224 e. The first-order valence-corrected chi connectivity index (χ1v) is 9.04. The summed E-state index contributed by atoms with van der Waals surface area (Å²) in [6.45, 7) is 1.51. The third-order valence-corrected chi connectivity index (χ3v) is 4.70. The predicted molar refractivity (Wildman–Crippen MR) is 92.7 cm³/mol. The first-order chi connectivity index (χ1) is 11.2. The van der Waals surface area contributed by atoms with Crippen LogP contribution in [-0.2, 0) is 21.2 Å². The minimum atomic E-state index is -3.49. The van der Waals surface area contributed by atoms with Crippen LogP contribution in [0.15, 0.2) is 47.4 Å². The van der Waals surface area contributed by atoms with Crippen molar-refractivity contribution in [1.29, 1.82) is 0 Å². The Morgan fingerprint density at radius 3 is 2.42 bits per heavy atom. The van der Waals surface area contributed by atoms with Crippen LogP contribution in [-0.4, -0.2) is 26.9 Å². The van der Waals surface area contributed by atoms with E-state index in [0.29, 0.717) is 28.8 Å². The number of sulfone groups is 1. The zero-order chi connectivity index (χ0) is 17.9. The summed E-state index contributed by atoms with van der Waals surface area (Å²) < 4.78 is 23.9. The summed E-state index contributed by atoms with van der Waals surface area (Å²) in [5.74, 6) is -0.302. The van der Waals surface area contributed by atoms with Crippen LogP contribution in [0.25, 0.3) is 0 Å². The molecule has 0 fully saturated rings. The van der Waals surface area contributed by atoms with Crippen molar-refractivity contribution in [3.63, 3.8) is 0 Å². The number of benzene rings is 2. The van der Waals surface area contributed by atoms with Crippen molar-refractivity contribution in [3.05, 3.63) is 53.6 Å². The van der Waals surface area contributed by atoms with Gasteiger partial charge in [-0.25, -0.2) is 8.42 Å². The van der Waals surface area contributed by atoms with Gasteiger partial charge in [-0.1, -0.05) is 18.2 Å². The Bertz CT molecular complexity index is 891. The standard InChI is InChI=1S/C17H18N2O4S/c1-12(21)19(10-13-7-8-14(11-20)15(18)9-13)16-5-3-4-6-17(16)24(2,22)23/h3-9,11H,10,18H2,1-2H3. The minimum absolute atomic E-state index is 0.0812. The minimum Gasteiger partial charge on any atom is -0.398 e. The van der Waals surface area contributed by atoms with Crippen LogP contribution in [0.3, 0.4) is 0 Å². The summed E-state index contributed by atoms with van der Waals surface area (Å²) >= 11 is 0. The summed E-state index contributed by atoms with van der Waals surface area (Å²) in [5.41, 5.74) is 7.47. The molecule has 126 valence electrons. The molecule has 0 unspecified atom stereocenters. The molecular formula is C17H18N2O4S. The number of para-hydroxylation sites is 1. The Kier molecular flexibility index (Phi) is 5.04. The molecule has 2 rings (SSSR count). The molecule has 2 aromatic rings. The molecule has 6 nitrogen and oxygen atoms in total. The fourth-order valence-corrected chi connectivity index (χ4v) is 3.26. The molecule has 0 aromatic heterocycles. The Morgan fingerprint density at radius 1 is 1.21 bits per heavy atom. The molecule has 0 atom stereocenters. The highest BCUT2D eigenvalue weighted by atomic mass is 32.2. The third-order valence-electron chi connectivity index (χ3n) is 3.55. The van der Waals surface area contributed by atoms with E-state index in [1.54, 1.807) is 36.4 Å². The maximum atomic E-state index is 12.1. The molecule has 0 spiro atoms. The predicted octanol–water partition coefficient (Wildman–Crippen LogP) is 2.04. The maximum absolute atomic E-state index is 12.1. The second-order valence-electron chi connectivity index (χ2n) is 5.43. The van der Waals surface area contributed by atoms with Crippen LogP contribution in [0, 0.1) is 0 Å². The summed E-state index contributed by atoms with van der Waals surface area (Å²) in [7, 11) is -3.49. The molecule has 0 aliphatic rings. The van der Waals surface area contributed by atoms with Gasteiger partial charge in [0, 0.05) is 24.4 Å². The van der Waals surface area contributed by atoms with Crippen molar-refractivity contribution in [2.75, 3.05) is 16.9 Å². The van der Waals surface area contributed by atoms with Crippen LogP contribution in [0.5, 0.6) is 0 Å². The number of carbonyl (C=O) groups is 2. The number of nitrogen functional groups attached to an aromatic ring is 1. The van der Waals surface area contributed by atoms with Crippen LogP contribution < -0.4 is 10.6 Å². The van der Waals surface area contributed by atoms with E-state index in [2.05, 4.69) is 0 Å². The number of nitrogens with zero attached hydrogens (tertiary/aromatic N) is 1. The fourth-order valence-electron chi connectivity index (χ4n) is 2.37. The monoisotopic (exact) mass is 346 g/mol. The number of carbonyl (C=O) groups excluding carboxylic acids is 2. The Hall–Kier alpha value is -2.67. The van der Waals surface area contributed by atoms with Crippen molar-refractivity contribution in [1.82, 2.24) is 0 Å². The van der Waals surface area contributed by atoms with Crippen LogP contribution in [0.4, 0.5) is 11.4 Å². The molecule has 0 radical (unpaired) electrons. The third kappa shape index (κ3) is 3.80. The normalized spacial score (nSPS) is 11.1. The van der Waals surface area contributed by atoms with E-state index in [4.69, 9.17) is 5.73 Å². The van der Waals surface area contributed by atoms with E-state index in [9.17, 15) is 18.0 Å². The van der Waals surface area contributed by atoms with Gasteiger partial charge in [-0.2, -0.15) is 0 Å². The molecule has 7 heteroatoms. The van der Waals surface area contributed by atoms with Gasteiger partial charge >= 0.3 is 0 Å². The second kappa shape index (κ2) is 6.84. The van der Waals surface area contributed by atoms with Gasteiger partial charge in [-0.3, -0.25) is 9.59 Å². The summed E-state index contributed by atoms with van der Waals surface area (Å²) in [5, 5.41) is 0. The number of nitrogens with two attached hydrogens (primary N) is 1. The molecule has 0 saturated carbocycles. The highest BCUT2D eigenvalue weighted by Crippen LogP contribution is 2.27. The molecule has 2 N–H and O–H groups in total. The van der Waals surface area contributed by atoms with Crippen LogP contribution in [0.1, 0.15) is 22.8 Å². The first kappa shape index (κ1) is 17.7. The first-order valence-electron chi connectivity index (χ1n) is 7.15. The topological polar surface area (TPSA) is 97.5 Å². The molecule has 0 bridgehead atoms. The van der Waals surface area contributed by atoms with Gasteiger partial charge in [-0.15, -0.1) is 0 Å². The zero-order valence-electron chi connectivity index (χ0n) is 13.4. The number of amides is 1. The Balaban J connectivity index is 2.47. The van der Waals surface area contributed by atoms with Crippen molar-refractivity contribution in [3.8, 4) is 0 Å². The molecule has 0 saturated heterocycles. The number of anilines is 2. The Morgan fingerprint density at radius 2 is 1.88 bits per heavy atom. The summed E-state index contributed by atoms with van der Waals surface area (Å²) in [6, 6.07) is 11.2. The van der Waals surface area contributed by atoms with Gasteiger partial charge in [0.15, 0.2) is 16.1 Å². The lowest BCUT2D eigenvalue weighted by Crippen LogP contribution is -2.29. The SMILES string of the molecule is CC(=O)N(Cc1ccc(C=O)c(N)c1)c1ccccc1S(C)(=O)=O. The van der Waals surface area contributed by atoms with E-state index in [-0.39, 0.29) is 17.3 Å². The van der Waals surface area contributed by atoms with Gasteiger partial charge in [0.25, 0.3) is 0 Å². The summed E-state index contributed by atoms with van der Waals surface area (Å²) in [6.07, 6.45) is 1.75. The van der Waals surface area contributed by atoms with Crippen molar-refractivity contribution >= 4 is 33.4 Å².